The molecule has 1 heterocycles. The predicted octanol–water partition coefficient (Wildman–Crippen LogP) is 2.37. The van der Waals surface area contributed by atoms with E-state index >= 15 is 0 Å². The molecule has 2 heteroatoms. The van der Waals surface area contributed by atoms with Crippen LogP contribution in [0.3, 0.4) is 0 Å². The van der Waals surface area contributed by atoms with Gasteiger partial charge in [-0.25, -0.2) is 0 Å². The molecule has 0 aromatic heterocycles. The van der Waals surface area contributed by atoms with Crippen molar-refractivity contribution in [2.24, 2.45) is 5.41 Å². The molecule has 2 aliphatic carbocycles. The second-order valence-corrected chi connectivity index (χ2v) is 5.76. The van der Waals surface area contributed by atoms with Crippen LogP contribution >= 0.6 is 0 Å². The molecule has 0 N–H and O–H groups in total. The summed E-state index contributed by atoms with van der Waals surface area (Å²) in [6.07, 6.45) is 10.2. The molecule has 0 amide bonds. The molecular weight excluding hydrogens is 186 g/mol. The minimum atomic E-state index is 0.308. The Morgan fingerprint density at radius 2 is 1.80 bits per heavy atom. The maximum Gasteiger partial charge on any atom is 0.149 e. The highest BCUT2D eigenvalue weighted by Crippen LogP contribution is 2.49. The molecule has 1 spiro atoms. The number of likely N-dealkylation sites (tertiary alicyclic amines) is 1. The van der Waals surface area contributed by atoms with Crippen LogP contribution in [0.5, 0.6) is 0 Å². The van der Waals surface area contributed by atoms with Gasteiger partial charge in [-0.05, 0) is 57.0 Å². The normalized spacial score (nSPS) is 35.7. The van der Waals surface area contributed by atoms with Crippen LogP contribution in [0.4, 0.5) is 0 Å². The molecule has 84 valence electrons. The molecule has 1 aliphatic heterocycles. The van der Waals surface area contributed by atoms with Gasteiger partial charge in [0.05, 0.1) is 6.04 Å². The lowest BCUT2D eigenvalue weighted by Crippen LogP contribution is -2.48. The van der Waals surface area contributed by atoms with Crippen LogP contribution < -0.4 is 0 Å². The summed E-state index contributed by atoms with van der Waals surface area (Å²) in [5.74, 6) is 0.513. The monoisotopic (exact) mass is 207 g/mol. The van der Waals surface area contributed by atoms with Gasteiger partial charge in [0, 0.05) is 6.42 Å². The summed E-state index contributed by atoms with van der Waals surface area (Å²) in [4.78, 5) is 14.1. The van der Waals surface area contributed by atoms with Gasteiger partial charge in [-0.2, -0.15) is 0 Å². The Labute approximate surface area is 92.0 Å². The smallest absolute Gasteiger partial charge is 0.149 e. The Morgan fingerprint density at radius 1 is 1.07 bits per heavy atom. The standard InChI is InChI=1S/C13H21NO/c15-12-4-1-3-11(12)14-9-7-13(8-10-14)5-2-6-13/h11H,1-10H2. The van der Waals surface area contributed by atoms with E-state index in [9.17, 15) is 4.79 Å². The van der Waals surface area contributed by atoms with Crippen LogP contribution in [0.15, 0.2) is 0 Å². The first-order valence-corrected chi connectivity index (χ1v) is 6.56. The van der Waals surface area contributed by atoms with Gasteiger partial charge >= 0.3 is 0 Å². The number of hydrogen-bond donors (Lipinski definition) is 0. The number of ketones is 1. The first-order valence-electron chi connectivity index (χ1n) is 6.56. The van der Waals surface area contributed by atoms with E-state index < -0.39 is 0 Å². The topological polar surface area (TPSA) is 20.3 Å². The highest BCUT2D eigenvalue weighted by atomic mass is 16.1. The summed E-state index contributed by atoms with van der Waals surface area (Å²) in [6.45, 7) is 2.38. The Bertz CT molecular complexity index is 260. The first-order chi connectivity index (χ1) is 7.29. The maximum atomic E-state index is 11.7. The van der Waals surface area contributed by atoms with Gasteiger partial charge in [-0.15, -0.1) is 0 Å². The average Bonchev–Trinajstić information content (AvgIpc) is 2.62. The van der Waals surface area contributed by atoms with E-state index in [0.717, 1.165) is 24.7 Å². The van der Waals surface area contributed by atoms with Crippen LogP contribution in [0, 0.1) is 5.41 Å². The molecule has 1 atom stereocenters. The zero-order chi connectivity index (χ0) is 10.3. The molecular formula is C13H21NO. The third kappa shape index (κ3) is 1.63. The fourth-order valence-electron chi connectivity index (χ4n) is 3.67. The molecule has 3 aliphatic rings. The zero-order valence-electron chi connectivity index (χ0n) is 9.50. The van der Waals surface area contributed by atoms with Crippen molar-refractivity contribution in [1.29, 1.82) is 0 Å². The quantitative estimate of drug-likeness (QED) is 0.658. The van der Waals surface area contributed by atoms with Crippen LogP contribution in [-0.4, -0.2) is 29.8 Å². The molecule has 0 aromatic carbocycles. The summed E-state index contributed by atoms with van der Waals surface area (Å²) >= 11 is 0. The molecule has 0 bridgehead atoms. The van der Waals surface area contributed by atoms with E-state index in [0.29, 0.717) is 11.8 Å². The lowest BCUT2D eigenvalue weighted by atomic mass is 9.63. The summed E-state index contributed by atoms with van der Waals surface area (Å²) in [6, 6.07) is 0.308. The second-order valence-electron chi connectivity index (χ2n) is 5.76. The third-order valence-corrected chi connectivity index (χ3v) is 4.99. The Kier molecular flexibility index (Phi) is 2.35. The van der Waals surface area contributed by atoms with E-state index in [1.165, 1.54) is 45.2 Å². The van der Waals surface area contributed by atoms with Crippen molar-refractivity contribution in [3.8, 4) is 0 Å². The Hall–Kier alpha value is -0.370. The number of nitrogens with zero attached hydrogens (tertiary/aromatic N) is 1. The molecule has 3 rings (SSSR count). The highest BCUT2D eigenvalue weighted by Gasteiger charge is 2.42. The van der Waals surface area contributed by atoms with Gasteiger partial charge in [0.25, 0.3) is 0 Å². The summed E-state index contributed by atoms with van der Waals surface area (Å²) < 4.78 is 0. The minimum Gasteiger partial charge on any atom is -0.298 e. The fourth-order valence-corrected chi connectivity index (χ4v) is 3.67. The molecule has 2 nitrogen and oxygen atoms in total. The summed E-state index contributed by atoms with van der Waals surface area (Å²) in [7, 11) is 0. The van der Waals surface area contributed by atoms with E-state index in [-0.39, 0.29) is 0 Å². The van der Waals surface area contributed by atoms with E-state index in [1.807, 2.05) is 0 Å². The highest BCUT2D eigenvalue weighted by molar-refractivity contribution is 5.85. The van der Waals surface area contributed by atoms with Crippen molar-refractivity contribution in [2.75, 3.05) is 13.1 Å². The number of carbonyl (C=O) groups is 1. The molecule has 3 fully saturated rings. The predicted molar refractivity (Wildman–Crippen MR) is 59.7 cm³/mol. The average molecular weight is 207 g/mol. The van der Waals surface area contributed by atoms with Gasteiger partial charge in [0.1, 0.15) is 5.78 Å². The summed E-state index contributed by atoms with van der Waals surface area (Å²) in [5, 5.41) is 0. The number of piperidine rings is 1. The SMILES string of the molecule is O=C1CCCC1N1CCC2(CCC2)CC1. The van der Waals surface area contributed by atoms with Crippen molar-refractivity contribution in [3.63, 3.8) is 0 Å². The Balaban J connectivity index is 1.59. The van der Waals surface area contributed by atoms with Crippen molar-refractivity contribution < 1.29 is 4.79 Å². The number of Topliss-reactive ketones (excluding diaryl/α,β-unsaturated/α-hetero) is 1. The largest absolute Gasteiger partial charge is 0.298 e. The van der Waals surface area contributed by atoms with Gasteiger partial charge in [-0.3, -0.25) is 9.69 Å². The third-order valence-electron chi connectivity index (χ3n) is 4.99. The lowest BCUT2D eigenvalue weighted by Gasteiger charge is -2.49. The molecule has 0 radical (unpaired) electrons. The van der Waals surface area contributed by atoms with Crippen LogP contribution in [-0.2, 0) is 4.79 Å². The van der Waals surface area contributed by atoms with Crippen LogP contribution in [0.25, 0.3) is 0 Å². The Morgan fingerprint density at radius 3 is 2.27 bits per heavy atom. The van der Waals surface area contributed by atoms with E-state index in [1.54, 1.807) is 0 Å². The number of rotatable bonds is 1. The van der Waals surface area contributed by atoms with E-state index in [2.05, 4.69) is 4.90 Å². The molecule has 1 saturated heterocycles. The van der Waals surface area contributed by atoms with Crippen LogP contribution in [0.2, 0.25) is 0 Å². The van der Waals surface area contributed by atoms with Gasteiger partial charge < -0.3 is 0 Å². The molecule has 2 saturated carbocycles. The molecule has 0 aromatic rings. The molecule has 15 heavy (non-hydrogen) atoms. The van der Waals surface area contributed by atoms with Crippen molar-refractivity contribution in [1.82, 2.24) is 4.90 Å². The van der Waals surface area contributed by atoms with Gasteiger partial charge in [0.15, 0.2) is 0 Å². The maximum absolute atomic E-state index is 11.7. The lowest BCUT2D eigenvalue weighted by molar-refractivity contribution is -0.123. The van der Waals surface area contributed by atoms with Gasteiger partial charge in [-0.1, -0.05) is 6.42 Å². The fraction of sp³-hybridized carbons (Fsp3) is 0.923. The zero-order valence-corrected chi connectivity index (χ0v) is 9.50. The van der Waals surface area contributed by atoms with Crippen molar-refractivity contribution >= 4 is 5.78 Å². The number of carbonyl (C=O) groups excluding carboxylic acids is 1. The molecule has 1 unspecified atom stereocenters. The number of hydrogen-bond acceptors (Lipinski definition) is 2. The second kappa shape index (κ2) is 3.58. The van der Waals surface area contributed by atoms with Crippen molar-refractivity contribution in [3.05, 3.63) is 0 Å². The van der Waals surface area contributed by atoms with E-state index in [4.69, 9.17) is 0 Å². The minimum absolute atomic E-state index is 0.308. The van der Waals surface area contributed by atoms with Gasteiger partial charge in [0.2, 0.25) is 0 Å². The van der Waals surface area contributed by atoms with Crippen LogP contribution in [0.1, 0.15) is 51.4 Å². The first kappa shape index (κ1) is 9.83. The van der Waals surface area contributed by atoms with Crippen molar-refractivity contribution in [2.45, 2.75) is 57.4 Å². The summed E-state index contributed by atoms with van der Waals surface area (Å²) in [5.41, 5.74) is 0.720.